The number of alkyl halides is 3. The second-order valence-corrected chi connectivity index (χ2v) is 10.2. The highest BCUT2D eigenvalue weighted by molar-refractivity contribution is 5.71. The van der Waals surface area contributed by atoms with Gasteiger partial charge in [-0.05, 0) is 60.4 Å². The first-order chi connectivity index (χ1) is 22.3. The van der Waals surface area contributed by atoms with Gasteiger partial charge >= 0.3 is 6.18 Å². The van der Waals surface area contributed by atoms with Gasteiger partial charge in [-0.3, -0.25) is 9.89 Å². The number of nitrogens with zero attached hydrogens (tertiary/aromatic N) is 3. The van der Waals surface area contributed by atoms with Crippen molar-refractivity contribution in [3.05, 3.63) is 93.9 Å². The van der Waals surface area contributed by atoms with Crippen molar-refractivity contribution in [2.75, 3.05) is 52.8 Å². The molecule has 46 heavy (non-hydrogen) atoms. The number of aryl methyl sites for hydroxylation is 1. The average Bonchev–Trinajstić information content (AvgIpc) is 3.63. The molecule has 0 amide bonds. The molecule has 0 aliphatic heterocycles. The van der Waals surface area contributed by atoms with Crippen molar-refractivity contribution < 1.29 is 32.1 Å². The number of nitrogens with one attached hydrogen (secondary N) is 2. The molecule has 0 spiro atoms. The highest BCUT2D eigenvalue weighted by Gasteiger charge is 2.30. The van der Waals surface area contributed by atoms with E-state index in [4.69, 9.17) is 24.7 Å². The number of halogens is 3. The van der Waals surface area contributed by atoms with E-state index in [9.17, 15) is 18.0 Å². The van der Waals surface area contributed by atoms with Gasteiger partial charge in [-0.25, -0.2) is 4.98 Å². The van der Waals surface area contributed by atoms with E-state index in [0.29, 0.717) is 99.4 Å². The van der Waals surface area contributed by atoms with Crippen molar-refractivity contribution >= 4 is 11.2 Å². The minimum Gasteiger partial charge on any atom is -0.491 e. The standard InChI is InChI=1S/C32H35F3N6O5/c33-32(34,35)24-8-6-23(7-9-24)28-26(30(42)41(40-28)31-38-27-2-1-14-37-29(27)39-31)12-5-22-3-10-25(11-4-22)46-21-20-45-19-18-44-17-16-43-15-13-36/h1-4,6-11,14,40H,5,12-13,15-21,36H2,(H,37,38,39). The number of aromatic nitrogens is 5. The maximum absolute atomic E-state index is 13.6. The Hall–Kier alpha value is -4.50. The fourth-order valence-corrected chi connectivity index (χ4v) is 4.72. The number of fused-ring (bicyclic) bond motifs is 1. The number of benzene rings is 2. The highest BCUT2D eigenvalue weighted by atomic mass is 19.4. The fraction of sp³-hybridized carbons (Fsp3) is 0.344. The lowest BCUT2D eigenvalue weighted by atomic mass is 10.0. The molecule has 0 aliphatic rings. The molecular formula is C32H35F3N6O5. The van der Waals surface area contributed by atoms with Gasteiger partial charge in [0.15, 0.2) is 5.65 Å². The van der Waals surface area contributed by atoms with Crippen molar-refractivity contribution in [1.82, 2.24) is 24.7 Å². The van der Waals surface area contributed by atoms with Crippen LogP contribution < -0.4 is 16.0 Å². The molecular weight excluding hydrogens is 605 g/mol. The molecule has 4 N–H and O–H groups in total. The minimum atomic E-state index is -4.47. The summed E-state index contributed by atoms with van der Waals surface area (Å²) < 4.78 is 62.8. The van der Waals surface area contributed by atoms with Crippen LogP contribution in [0.15, 0.2) is 71.7 Å². The van der Waals surface area contributed by atoms with Gasteiger partial charge < -0.3 is 29.7 Å². The van der Waals surface area contributed by atoms with Crippen LogP contribution in [0.4, 0.5) is 13.2 Å². The third-order valence-electron chi connectivity index (χ3n) is 7.03. The summed E-state index contributed by atoms with van der Waals surface area (Å²) in [6.07, 6.45) is -2.05. The first-order valence-corrected chi connectivity index (χ1v) is 14.8. The first-order valence-electron chi connectivity index (χ1n) is 14.8. The van der Waals surface area contributed by atoms with Crippen LogP contribution in [0.1, 0.15) is 16.7 Å². The molecule has 0 aliphatic carbocycles. The Morgan fingerprint density at radius 3 is 2.15 bits per heavy atom. The van der Waals surface area contributed by atoms with Gasteiger partial charge in [-0.2, -0.15) is 22.8 Å². The summed E-state index contributed by atoms with van der Waals surface area (Å²) in [5.41, 5.74) is 7.52. The van der Waals surface area contributed by atoms with Crippen LogP contribution in [0, 0.1) is 0 Å². The Morgan fingerprint density at radius 2 is 1.50 bits per heavy atom. The molecule has 14 heteroatoms. The van der Waals surface area contributed by atoms with Crippen LogP contribution in [0.5, 0.6) is 5.75 Å². The Kier molecular flexibility index (Phi) is 11.2. The fourth-order valence-electron chi connectivity index (χ4n) is 4.72. The van der Waals surface area contributed by atoms with E-state index in [1.807, 2.05) is 24.3 Å². The molecule has 0 radical (unpaired) electrons. The predicted octanol–water partition coefficient (Wildman–Crippen LogP) is 4.30. The average molecular weight is 641 g/mol. The molecule has 5 aromatic rings. The largest absolute Gasteiger partial charge is 0.491 e. The van der Waals surface area contributed by atoms with E-state index >= 15 is 0 Å². The van der Waals surface area contributed by atoms with E-state index in [-0.39, 0.29) is 11.5 Å². The number of imidazole rings is 1. The lowest BCUT2D eigenvalue weighted by Crippen LogP contribution is -2.19. The van der Waals surface area contributed by atoms with Crippen LogP contribution >= 0.6 is 0 Å². The van der Waals surface area contributed by atoms with Gasteiger partial charge in [-0.1, -0.05) is 24.3 Å². The van der Waals surface area contributed by atoms with Crippen LogP contribution in [0.3, 0.4) is 0 Å². The molecule has 2 aromatic carbocycles. The van der Waals surface area contributed by atoms with E-state index in [1.54, 1.807) is 18.3 Å². The molecule has 0 fully saturated rings. The van der Waals surface area contributed by atoms with E-state index < -0.39 is 11.7 Å². The molecule has 3 aromatic heterocycles. The maximum Gasteiger partial charge on any atom is 0.416 e. The number of rotatable bonds is 17. The number of hydrogen-bond donors (Lipinski definition) is 3. The molecule has 0 unspecified atom stereocenters. The van der Waals surface area contributed by atoms with E-state index in [1.165, 1.54) is 16.8 Å². The predicted molar refractivity (Wildman–Crippen MR) is 165 cm³/mol. The molecule has 11 nitrogen and oxygen atoms in total. The normalized spacial score (nSPS) is 11.8. The summed E-state index contributed by atoms with van der Waals surface area (Å²) in [4.78, 5) is 25.3. The van der Waals surface area contributed by atoms with Crippen molar-refractivity contribution in [3.63, 3.8) is 0 Å². The molecule has 0 saturated carbocycles. The van der Waals surface area contributed by atoms with Gasteiger partial charge in [0.1, 0.15) is 12.4 Å². The molecule has 244 valence electrons. The van der Waals surface area contributed by atoms with Crippen molar-refractivity contribution in [3.8, 4) is 23.0 Å². The summed E-state index contributed by atoms with van der Waals surface area (Å²) in [6, 6.07) is 15.7. The quantitative estimate of drug-likeness (QED) is 0.128. The lowest BCUT2D eigenvalue weighted by Gasteiger charge is -2.09. The van der Waals surface area contributed by atoms with Crippen molar-refractivity contribution in [1.29, 1.82) is 0 Å². The Morgan fingerprint density at radius 1 is 0.826 bits per heavy atom. The molecule has 0 saturated heterocycles. The van der Waals surface area contributed by atoms with Gasteiger partial charge in [0.25, 0.3) is 5.56 Å². The number of ether oxygens (including phenoxy) is 4. The highest BCUT2D eigenvalue weighted by Crippen LogP contribution is 2.31. The number of nitrogens with two attached hydrogens (primary N) is 1. The zero-order chi connectivity index (χ0) is 32.4. The van der Waals surface area contributed by atoms with Gasteiger partial charge in [0.2, 0.25) is 5.95 Å². The van der Waals surface area contributed by atoms with Gasteiger partial charge in [-0.15, -0.1) is 0 Å². The second-order valence-electron chi connectivity index (χ2n) is 10.2. The molecule has 0 bridgehead atoms. The van der Waals surface area contributed by atoms with Crippen molar-refractivity contribution in [2.24, 2.45) is 5.73 Å². The third-order valence-corrected chi connectivity index (χ3v) is 7.03. The summed E-state index contributed by atoms with van der Waals surface area (Å²) in [5, 5.41) is 3.05. The monoisotopic (exact) mass is 640 g/mol. The number of aromatic amines is 2. The molecule has 3 heterocycles. The number of H-pyrrole nitrogens is 2. The van der Waals surface area contributed by atoms with Crippen molar-refractivity contribution in [2.45, 2.75) is 19.0 Å². The minimum absolute atomic E-state index is 0.226. The van der Waals surface area contributed by atoms with E-state index in [0.717, 1.165) is 17.7 Å². The molecule has 5 rings (SSSR count). The summed E-state index contributed by atoms with van der Waals surface area (Å²) >= 11 is 0. The molecule has 0 atom stereocenters. The smallest absolute Gasteiger partial charge is 0.416 e. The van der Waals surface area contributed by atoms with Crippen LogP contribution in [-0.4, -0.2) is 77.5 Å². The summed E-state index contributed by atoms with van der Waals surface area (Å²) in [6.45, 7) is 3.67. The number of pyridine rings is 1. The topological polar surface area (TPSA) is 142 Å². The number of hydrogen-bond acceptors (Lipinski definition) is 8. The maximum atomic E-state index is 13.6. The summed E-state index contributed by atoms with van der Waals surface area (Å²) in [5.74, 6) is 0.901. The zero-order valence-corrected chi connectivity index (χ0v) is 25.0. The Balaban J connectivity index is 1.21. The zero-order valence-electron chi connectivity index (χ0n) is 25.0. The summed E-state index contributed by atoms with van der Waals surface area (Å²) in [7, 11) is 0. The SMILES string of the molecule is NCCOCCOCCOCCOc1ccc(CCc2c(-c3ccc(C(F)(F)F)cc3)[nH]n(-c3nc4ncccc4[nH]3)c2=O)cc1. The third kappa shape index (κ3) is 8.60. The lowest BCUT2D eigenvalue weighted by molar-refractivity contribution is -0.137. The van der Waals surface area contributed by atoms with Crippen LogP contribution in [-0.2, 0) is 33.2 Å². The van der Waals surface area contributed by atoms with Crippen LogP contribution in [0.2, 0.25) is 0 Å². The first kappa shape index (κ1) is 32.9. The second kappa shape index (κ2) is 15.7. The van der Waals surface area contributed by atoms with E-state index in [2.05, 4.69) is 20.1 Å². The van der Waals surface area contributed by atoms with Gasteiger partial charge in [0, 0.05) is 18.3 Å². The van der Waals surface area contributed by atoms with Crippen LogP contribution in [0.25, 0.3) is 28.4 Å². The van der Waals surface area contributed by atoms with Gasteiger partial charge in [0.05, 0.1) is 56.4 Å². The Bertz CT molecular complexity index is 1700. The Labute approximate surface area is 262 Å².